The van der Waals surface area contributed by atoms with E-state index in [-0.39, 0.29) is 44.4 Å². The zero-order valence-corrected chi connectivity index (χ0v) is 20.2. The SMILES string of the molecule is C.CCSOCN(C(=O)C(OC(=O)NC)C(C)C)C(C)C(O)CC(=O)NC(C)C(C)C. The number of carbonyl (C=O) groups is 3. The Morgan fingerprint density at radius 3 is 2.10 bits per heavy atom. The van der Waals surface area contributed by atoms with Gasteiger partial charge in [0.05, 0.1) is 18.6 Å². The van der Waals surface area contributed by atoms with Crippen molar-refractivity contribution in [1.82, 2.24) is 15.5 Å². The third-order valence-corrected chi connectivity index (χ3v) is 5.30. The van der Waals surface area contributed by atoms with E-state index in [1.165, 1.54) is 24.0 Å². The number of nitrogens with one attached hydrogen (secondary N) is 2. The van der Waals surface area contributed by atoms with Gasteiger partial charge < -0.3 is 25.4 Å². The lowest BCUT2D eigenvalue weighted by Gasteiger charge is -2.35. The van der Waals surface area contributed by atoms with Crippen molar-refractivity contribution in [3.8, 4) is 0 Å². The van der Waals surface area contributed by atoms with Crippen LogP contribution in [0.2, 0.25) is 0 Å². The van der Waals surface area contributed by atoms with E-state index in [2.05, 4.69) is 10.6 Å². The Morgan fingerprint density at radius 1 is 1.06 bits per heavy atom. The Balaban J connectivity index is 0. The fourth-order valence-corrected chi connectivity index (χ4v) is 2.77. The van der Waals surface area contributed by atoms with Crippen molar-refractivity contribution < 1.29 is 28.4 Å². The topological polar surface area (TPSA) is 117 Å². The van der Waals surface area contributed by atoms with E-state index in [0.717, 1.165) is 0 Å². The Labute approximate surface area is 192 Å². The molecule has 0 saturated heterocycles. The highest BCUT2D eigenvalue weighted by Crippen LogP contribution is 2.18. The third-order valence-electron chi connectivity index (χ3n) is 4.79. The molecule has 0 bridgehead atoms. The van der Waals surface area contributed by atoms with Crippen LogP contribution in [0.5, 0.6) is 0 Å². The van der Waals surface area contributed by atoms with Crippen LogP contribution in [0.3, 0.4) is 0 Å². The normalized spacial score (nSPS) is 14.8. The summed E-state index contributed by atoms with van der Waals surface area (Å²) in [5.74, 6) is -0.149. The molecule has 4 unspecified atom stereocenters. The van der Waals surface area contributed by atoms with Crippen molar-refractivity contribution in [3.63, 3.8) is 0 Å². The molecule has 184 valence electrons. The molecule has 9 nitrogen and oxygen atoms in total. The fraction of sp³-hybridized carbons (Fsp3) is 0.857. The van der Waals surface area contributed by atoms with Crippen molar-refractivity contribution in [1.29, 1.82) is 0 Å². The molecule has 4 atom stereocenters. The first-order valence-electron chi connectivity index (χ1n) is 10.4. The van der Waals surface area contributed by atoms with Crippen LogP contribution in [0.25, 0.3) is 0 Å². The number of amides is 3. The molecule has 0 aromatic carbocycles. The van der Waals surface area contributed by atoms with E-state index in [1.807, 2.05) is 27.7 Å². The molecule has 0 aliphatic carbocycles. The van der Waals surface area contributed by atoms with Gasteiger partial charge in [-0.15, -0.1) is 0 Å². The minimum atomic E-state index is -1.11. The summed E-state index contributed by atoms with van der Waals surface area (Å²) in [4.78, 5) is 38.4. The van der Waals surface area contributed by atoms with Gasteiger partial charge in [-0.1, -0.05) is 42.0 Å². The molecule has 0 aliphatic heterocycles. The Hall–Kier alpha value is -1.52. The van der Waals surface area contributed by atoms with Crippen molar-refractivity contribution in [3.05, 3.63) is 0 Å². The first kappa shape index (κ1) is 31.7. The maximum atomic E-state index is 13.1. The minimum absolute atomic E-state index is 0. The molecule has 0 aromatic rings. The van der Waals surface area contributed by atoms with Gasteiger partial charge in [-0.05, 0) is 37.7 Å². The monoisotopic (exact) mass is 465 g/mol. The summed E-state index contributed by atoms with van der Waals surface area (Å²) in [6, 6.07) is -0.766. The molecule has 31 heavy (non-hydrogen) atoms. The van der Waals surface area contributed by atoms with Crippen molar-refractivity contribution in [2.45, 2.75) is 86.6 Å². The van der Waals surface area contributed by atoms with Crippen LogP contribution >= 0.6 is 12.0 Å². The minimum Gasteiger partial charge on any atom is -0.436 e. The van der Waals surface area contributed by atoms with Crippen LogP contribution in [-0.2, 0) is 18.5 Å². The fourth-order valence-electron chi connectivity index (χ4n) is 2.42. The first-order chi connectivity index (χ1) is 14.0. The molecule has 3 N–H and O–H groups in total. The number of carbonyl (C=O) groups excluding carboxylic acids is 3. The van der Waals surface area contributed by atoms with E-state index in [9.17, 15) is 19.5 Å². The second-order valence-electron chi connectivity index (χ2n) is 7.89. The zero-order chi connectivity index (χ0) is 23.4. The average molecular weight is 466 g/mol. The van der Waals surface area contributed by atoms with Crippen molar-refractivity contribution in [2.24, 2.45) is 11.8 Å². The zero-order valence-electron chi connectivity index (χ0n) is 19.4. The third kappa shape index (κ3) is 11.6. The van der Waals surface area contributed by atoms with E-state index >= 15 is 0 Å². The van der Waals surface area contributed by atoms with E-state index < -0.39 is 30.3 Å². The summed E-state index contributed by atoms with van der Waals surface area (Å²) in [5.41, 5.74) is 0. The molecule has 0 aliphatic rings. The average Bonchev–Trinajstić information content (AvgIpc) is 2.67. The maximum absolute atomic E-state index is 13.1. The quantitative estimate of drug-likeness (QED) is 0.217. The van der Waals surface area contributed by atoms with Gasteiger partial charge >= 0.3 is 6.09 Å². The summed E-state index contributed by atoms with van der Waals surface area (Å²) in [5, 5.41) is 15.8. The molecule has 0 radical (unpaired) electrons. The summed E-state index contributed by atoms with van der Waals surface area (Å²) in [7, 11) is 1.41. The Kier molecular flexibility index (Phi) is 16.5. The van der Waals surface area contributed by atoms with Gasteiger partial charge in [-0.25, -0.2) is 4.79 Å². The molecule has 10 heteroatoms. The van der Waals surface area contributed by atoms with Gasteiger partial charge in [0.2, 0.25) is 5.91 Å². The van der Waals surface area contributed by atoms with Crippen LogP contribution in [0.1, 0.15) is 62.3 Å². The van der Waals surface area contributed by atoms with Crippen LogP contribution < -0.4 is 10.6 Å². The lowest BCUT2D eigenvalue weighted by atomic mass is 10.0. The molecular weight excluding hydrogens is 422 g/mol. The van der Waals surface area contributed by atoms with Gasteiger partial charge in [0.1, 0.15) is 6.73 Å². The largest absolute Gasteiger partial charge is 0.436 e. The van der Waals surface area contributed by atoms with E-state index in [1.54, 1.807) is 20.8 Å². The first-order valence-corrected chi connectivity index (χ1v) is 11.3. The predicted octanol–water partition coefficient (Wildman–Crippen LogP) is 2.77. The smallest absolute Gasteiger partial charge is 0.407 e. The van der Waals surface area contributed by atoms with Gasteiger partial charge in [0.15, 0.2) is 6.10 Å². The van der Waals surface area contributed by atoms with Crippen LogP contribution in [-0.4, -0.2) is 71.7 Å². The predicted molar refractivity (Wildman–Crippen MR) is 124 cm³/mol. The molecule has 0 spiro atoms. The lowest BCUT2D eigenvalue weighted by molar-refractivity contribution is -0.151. The van der Waals surface area contributed by atoms with Gasteiger partial charge in [-0.3, -0.25) is 13.8 Å². The van der Waals surface area contributed by atoms with Gasteiger partial charge in [0.25, 0.3) is 5.91 Å². The Bertz CT molecular complexity index is 547. The highest BCUT2D eigenvalue weighted by molar-refractivity contribution is 7.94. The molecule has 3 amide bonds. The summed E-state index contributed by atoms with van der Waals surface area (Å²) < 4.78 is 10.7. The number of ether oxygens (including phenoxy) is 1. The van der Waals surface area contributed by atoms with E-state index in [4.69, 9.17) is 8.92 Å². The number of hydrogen-bond acceptors (Lipinski definition) is 7. The molecule has 0 fully saturated rings. The molecule has 0 heterocycles. The second-order valence-corrected chi connectivity index (χ2v) is 8.94. The van der Waals surface area contributed by atoms with Crippen molar-refractivity contribution in [2.75, 3.05) is 19.5 Å². The number of aliphatic hydroxyl groups excluding tert-OH is 1. The highest BCUT2D eigenvalue weighted by Gasteiger charge is 2.36. The number of hydrogen-bond donors (Lipinski definition) is 3. The van der Waals surface area contributed by atoms with Crippen LogP contribution in [0.4, 0.5) is 4.79 Å². The number of aliphatic hydroxyl groups is 1. The lowest BCUT2D eigenvalue weighted by Crippen LogP contribution is -2.53. The second kappa shape index (κ2) is 16.2. The van der Waals surface area contributed by atoms with Gasteiger partial charge in [0, 0.05) is 18.8 Å². The number of nitrogens with zero attached hydrogens (tertiary/aromatic N) is 1. The van der Waals surface area contributed by atoms with Crippen LogP contribution in [0, 0.1) is 11.8 Å². The van der Waals surface area contributed by atoms with Crippen molar-refractivity contribution >= 4 is 30.0 Å². The summed E-state index contributed by atoms with van der Waals surface area (Å²) in [6.45, 7) is 12.8. The van der Waals surface area contributed by atoms with Crippen LogP contribution in [0.15, 0.2) is 0 Å². The molecule has 0 saturated carbocycles. The molecule has 0 aromatic heterocycles. The molecular formula is C21H43N3O6S. The molecule has 0 rings (SSSR count). The maximum Gasteiger partial charge on any atom is 0.407 e. The summed E-state index contributed by atoms with van der Waals surface area (Å²) >= 11 is 1.17. The standard InChI is InChI=1S/C20H39N3O6S.CH4/c1-9-30-28-11-23(19(26)18(13(4)5)29-20(27)21-8)15(7)16(24)10-17(25)22-14(6)12(2)3;/h12-16,18,24H,9-11H2,1-8H3,(H,21,27)(H,22,25);1H4. The Morgan fingerprint density at radius 2 is 1.65 bits per heavy atom. The highest BCUT2D eigenvalue weighted by atomic mass is 32.2. The number of rotatable bonds is 13. The van der Waals surface area contributed by atoms with E-state index in [0.29, 0.717) is 5.75 Å². The number of alkyl carbamates (subject to hydrolysis) is 1. The van der Waals surface area contributed by atoms with Gasteiger partial charge in [-0.2, -0.15) is 0 Å². The summed E-state index contributed by atoms with van der Waals surface area (Å²) in [6.07, 6.45) is -3.05.